The normalized spacial score (nSPS) is 17.0. The average Bonchev–Trinajstić information content (AvgIpc) is 3.40. The van der Waals surface area contributed by atoms with Crippen LogP contribution in [-0.2, 0) is 19.2 Å². The van der Waals surface area contributed by atoms with Gasteiger partial charge in [0.2, 0.25) is 11.8 Å². The summed E-state index contributed by atoms with van der Waals surface area (Å²) >= 11 is 13.3. The van der Waals surface area contributed by atoms with Crippen molar-refractivity contribution >= 4 is 92.4 Å². The van der Waals surface area contributed by atoms with E-state index in [4.69, 9.17) is 24.4 Å². The van der Waals surface area contributed by atoms with E-state index in [1.165, 1.54) is 28.4 Å². The molecule has 0 aromatic heterocycles. The van der Waals surface area contributed by atoms with Crippen LogP contribution in [0.15, 0.2) is 58.3 Å². The number of hydrazine groups is 1. The minimum Gasteiger partial charge on any atom is -0.293 e. The molecular weight excluding hydrogens is 621 g/mol. The molecule has 12 heteroatoms. The molecule has 0 spiro atoms. The zero-order chi connectivity index (χ0) is 30.9. The van der Waals surface area contributed by atoms with Gasteiger partial charge < -0.3 is 0 Å². The molecule has 0 radical (unpaired) electrons. The molecule has 2 saturated heterocycles. The number of carbonyl (C=O) groups excluding carboxylic acids is 4. The van der Waals surface area contributed by atoms with Crippen LogP contribution in [-0.4, -0.2) is 55.2 Å². The van der Waals surface area contributed by atoms with E-state index in [2.05, 4.69) is 10.9 Å². The van der Waals surface area contributed by atoms with Crippen LogP contribution in [0.5, 0.6) is 0 Å². The van der Waals surface area contributed by atoms with Crippen molar-refractivity contribution in [1.29, 1.82) is 0 Å². The van der Waals surface area contributed by atoms with Gasteiger partial charge in [-0.3, -0.25) is 39.8 Å². The predicted octanol–water partition coefficient (Wildman–Crippen LogP) is 5.50. The number of hydrogen-bond acceptors (Lipinski definition) is 8. The van der Waals surface area contributed by atoms with Gasteiger partial charge in [-0.25, -0.2) is 0 Å². The highest BCUT2D eigenvalue weighted by molar-refractivity contribution is 8.27. The van der Waals surface area contributed by atoms with Crippen molar-refractivity contribution < 1.29 is 19.2 Å². The van der Waals surface area contributed by atoms with Crippen LogP contribution in [0.3, 0.4) is 0 Å². The topological polar surface area (TPSA) is 98.8 Å². The number of thioether (sulfide) groups is 2. The molecule has 2 aromatic rings. The van der Waals surface area contributed by atoms with Crippen LogP contribution in [0, 0.1) is 13.8 Å². The van der Waals surface area contributed by atoms with E-state index in [1.54, 1.807) is 11.0 Å². The van der Waals surface area contributed by atoms with Gasteiger partial charge in [-0.05, 0) is 50.0 Å². The van der Waals surface area contributed by atoms with Crippen LogP contribution in [0.4, 0.5) is 0 Å². The molecule has 0 saturated carbocycles. The summed E-state index contributed by atoms with van der Waals surface area (Å²) in [6.07, 6.45) is 5.88. The number of carbonyl (C=O) groups is 4. The first-order valence-electron chi connectivity index (χ1n) is 13.8. The van der Waals surface area contributed by atoms with Crippen molar-refractivity contribution in [2.45, 2.75) is 46.0 Å². The van der Waals surface area contributed by atoms with E-state index in [-0.39, 0.29) is 37.1 Å². The van der Waals surface area contributed by atoms with Gasteiger partial charge in [0.15, 0.2) is 0 Å². The van der Waals surface area contributed by atoms with Crippen molar-refractivity contribution in [1.82, 2.24) is 20.7 Å². The standard InChI is InChI=1S/C31H32N4O4S4/c1-20-7-11-22(12-8-20)18-24-28(38)34(30(40)42-24)16-5-3-4-6-26(36)32-33-27(37)15-17-35-29(39)25(43-31(35)41)19-23-13-9-21(2)10-14-23/h7-14,18-19H,3-6,15-17H2,1-2H3,(H,32,36)(H,33,37)/b24-18-,25-19+. The van der Waals surface area contributed by atoms with Gasteiger partial charge in [0.25, 0.3) is 11.8 Å². The molecule has 4 amide bonds. The highest BCUT2D eigenvalue weighted by Gasteiger charge is 2.32. The second-order valence-electron chi connectivity index (χ2n) is 10.1. The Morgan fingerprint density at radius 3 is 1.60 bits per heavy atom. The van der Waals surface area contributed by atoms with Crippen LogP contribution < -0.4 is 10.9 Å². The Bertz CT molecular complexity index is 1490. The predicted molar refractivity (Wildman–Crippen MR) is 181 cm³/mol. The largest absolute Gasteiger partial charge is 0.293 e. The van der Waals surface area contributed by atoms with Crippen molar-refractivity contribution in [3.05, 3.63) is 80.6 Å². The Morgan fingerprint density at radius 1 is 0.674 bits per heavy atom. The van der Waals surface area contributed by atoms with Gasteiger partial charge in [0, 0.05) is 25.9 Å². The fourth-order valence-corrected chi connectivity index (χ4v) is 6.84. The summed E-state index contributed by atoms with van der Waals surface area (Å²) in [6, 6.07) is 15.7. The first-order chi connectivity index (χ1) is 20.6. The molecule has 2 N–H and O–H groups in total. The lowest BCUT2D eigenvalue weighted by Crippen LogP contribution is -2.43. The average molecular weight is 653 g/mol. The van der Waals surface area contributed by atoms with E-state index >= 15 is 0 Å². The lowest BCUT2D eigenvalue weighted by Gasteiger charge is -2.15. The minimum atomic E-state index is -0.419. The zero-order valence-electron chi connectivity index (χ0n) is 23.9. The summed E-state index contributed by atoms with van der Waals surface area (Å²) in [5.41, 5.74) is 8.95. The van der Waals surface area contributed by atoms with Crippen LogP contribution in [0.2, 0.25) is 0 Å². The summed E-state index contributed by atoms with van der Waals surface area (Å²) < 4.78 is 0.936. The van der Waals surface area contributed by atoms with Crippen molar-refractivity contribution in [3.63, 3.8) is 0 Å². The van der Waals surface area contributed by atoms with Gasteiger partial charge in [0.05, 0.1) is 9.81 Å². The van der Waals surface area contributed by atoms with Crippen LogP contribution >= 0.6 is 48.0 Å². The second-order valence-corrected chi connectivity index (χ2v) is 13.5. The molecule has 224 valence electrons. The molecule has 0 atom stereocenters. The Hall–Kier alpha value is -3.32. The Labute approximate surface area is 270 Å². The number of aryl methyl sites for hydroxylation is 2. The van der Waals surface area contributed by atoms with Gasteiger partial charge >= 0.3 is 0 Å². The number of hydrogen-bond donors (Lipinski definition) is 2. The Kier molecular flexibility index (Phi) is 11.7. The molecule has 0 bridgehead atoms. The molecule has 2 fully saturated rings. The molecular formula is C31H32N4O4S4. The first kappa shape index (κ1) is 32.6. The Balaban J connectivity index is 1.11. The lowest BCUT2D eigenvalue weighted by atomic mass is 10.1. The number of thiocarbonyl (C=S) groups is 2. The molecule has 0 unspecified atom stereocenters. The minimum absolute atomic E-state index is 0.00728. The quantitative estimate of drug-likeness (QED) is 0.142. The van der Waals surface area contributed by atoms with Gasteiger partial charge in [0.1, 0.15) is 8.64 Å². The van der Waals surface area contributed by atoms with E-state index < -0.39 is 5.91 Å². The highest BCUT2D eigenvalue weighted by Crippen LogP contribution is 2.33. The molecule has 2 aliphatic heterocycles. The van der Waals surface area contributed by atoms with Gasteiger partial charge in [-0.15, -0.1) is 0 Å². The number of benzene rings is 2. The Morgan fingerprint density at radius 2 is 1.12 bits per heavy atom. The number of nitrogens with zero attached hydrogens (tertiary/aromatic N) is 2. The number of amides is 4. The van der Waals surface area contributed by atoms with Crippen molar-refractivity contribution in [2.75, 3.05) is 13.1 Å². The molecule has 0 aliphatic carbocycles. The maximum Gasteiger partial charge on any atom is 0.266 e. The van der Waals surface area contributed by atoms with Crippen molar-refractivity contribution in [3.8, 4) is 0 Å². The fourth-order valence-electron chi connectivity index (χ4n) is 4.22. The summed E-state index contributed by atoms with van der Waals surface area (Å²) in [6.45, 7) is 4.62. The fraction of sp³-hybridized carbons (Fsp3) is 0.290. The summed E-state index contributed by atoms with van der Waals surface area (Å²) in [7, 11) is 0. The highest BCUT2D eigenvalue weighted by atomic mass is 32.2. The maximum atomic E-state index is 12.8. The summed E-state index contributed by atoms with van der Waals surface area (Å²) in [5, 5.41) is 0. The lowest BCUT2D eigenvalue weighted by molar-refractivity contribution is -0.129. The van der Waals surface area contributed by atoms with E-state index in [9.17, 15) is 19.2 Å². The smallest absolute Gasteiger partial charge is 0.266 e. The SMILES string of the molecule is Cc1ccc(/C=C2\SC(=S)N(CCCCCC(=O)NNC(=O)CCN3C(=O)/C(=C\c4ccc(C)cc4)SC3=S)C2=O)cc1. The zero-order valence-corrected chi connectivity index (χ0v) is 27.1. The number of rotatable bonds is 11. The van der Waals surface area contributed by atoms with Gasteiger partial charge in [-0.1, -0.05) is 114 Å². The van der Waals surface area contributed by atoms with Gasteiger partial charge in [-0.2, -0.15) is 0 Å². The molecule has 2 aromatic carbocycles. The van der Waals surface area contributed by atoms with E-state index in [0.717, 1.165) is 28.7 Å². The molecule has 2 aliphatic rings. The summed E-state index contributed by atoms with van der Waals surface area (Å²) in [4.78, 5) is 54.2. The third-order valence-corrected chi connectivity index (χ3v) is 9.44. The third kappa shape index (κ3) is 9.33. The second kappa shape index (κ2) is 15.4. The van der Waals surface area contributed by atoms with Crippen LogP contribution in [0.25, 0.3) is 12.2 Å². The van der Waals surface area contributed by atoms with E-state index in [0.29, 0.717) is 37.8 Å². The van der Waals surface area contributed by atoms with Crippen LogP contribution in [0.1, 0.15) is 54.4 Å². The maximum absolute atomic E-state index is 12.8. The third-order valence-electron chi connectivity index (χ3n) is 6.69. The van der Waals surface area contributed by atoms with E-state index in [1.807, 2.05) is 68.5 Å². The first-order valence-corrected chi connectivity index (χ1v) is 16.3. The number of unbranched alkanes of at least 4 members (excludes halogenated alkanes) is 2. The monoisotopic (exact) mass is 652 g/mol. The molecule has 4 rings (SSSR count). The van der Waals surface area contributed by atoms with Crippen molar-refractivity contribution in [2.24, 2.45) is 0 Å². The number of nitrogens with one attached hydrogen (secondary N) is 2. The summed E-state index contributed by atoms with van der Waals surface area (Å²) in [5.74, 6) is -1.06. The molecule has 8 nitrogen and oxygen atoms in total. The molecule has 2 heterocycles. The molecule has 43 heavy (non-hydrogen) atoms.